The molecule has 3 rings (SSSR count). The van der Waals surface area contributed by atoms with Gasteiger partial charge in [0.05, 0.1) is 5.75 Å². The molecule has 0 fully saturated rings. The topological polar surface area (TPSA) is 63.6 Å². The number of benzene rings is 1. The zero-order valence-corrected chi connectivity index (χ0v) is 15.1. The number of carbonyl (C=O) groups excluding carboxylic acids is 1. The number of H-pyrrole nitrogens is 1. The van der Waals surface area contributed by atoms with Gasteiger partial charge in [0.15, 0.2) is 5.78 Å². The number of aromatic nitrogens is 4. The molecule has 0 aliphatic rings. The van der Waals surface area contributed by atoms with Crippen LogP contribution in [-0.4, -0.2) is 31.3 Å². The van der Waals surface area contributed by atoms with E-state index in [0.29, 0.717) is 10.9 Å². The highest BCUT2D eigenvalue weighted by Crippen LogP contribution is 2.23. The summed E-state index contributed by atoms with van der Waals surface area (Å²) in [5.41, 5.74) is 5.06. The van der Waals surface area contributed by atoms with Gasteiger partial charge in [-0.25, -0.2) is 4.98 Å². The van der Waals surface area contributed by atoms with E-state index in [9.17, 15) is 4.79 Å². The van der Waals surface area contributed by atoms with Crippen molar-refractivity contribution in [1.29, 1.82) is 0 Å². The number of thioether (sulfide) groups is 1. The molecule has 0 radical (unpaired) electrons. The first kappa shape index (κ1) is 16.5. The van der Waals surface area contributed by atoms with Crippen molar-refractivity contribution in [2.75, 3.05) is 5.75 Å². The van der Waals surface area contributed by atoms with Crippen LogP contribution in [0.15, 0.2) is 35.5 Å². The molecule has 0 saturated heterocycles. The zero-order chi connectivity index (χ0) is 17.3. The molecule has 1 aromatic carbocycles. The molecule has 24 heavy (non-hydrogen) atoms. The lowest BCUT2D eigenvalue weighted by molar-refractivity contribution is 0.102. The third-order valence-electron chi connectivity index (χ3n) is 3.90. The molecule has 0 bridgehead atoms. The van der Waals surface area contributed by atoms with Gasteiger partial charge in [0.25, 0.3) is 0 Å². The van der Waals surface area contributed by atoms with Crippen molar-refractivity contribution in [3.8, 4) is 5.69 Å². The summed E-state index contributed by atoms with van der Waals surface area (Å²) in [6.45, 7) is 7.93. The van der Waals surface area contributed by atoms with E-state index in [2.05, 4.69) is 44.9 Å². The van der Waals surface area contributed by atoms with Gasteiger partial charge in [-0.2, -0.15) is 0 Å². The maximum atomic E-state index is 12.6. The smallest absolute Gasteiger partial charge is 0.208 e. The quantitative estimate of drug-likeness (QED) is 0.567. The van der Waals surface area contributed by atoms with E-state index < -0.39 is 0 Å². The molecule has 3 aromatic rings. The average molecular weight is 340 g/mol. The van der Waals surface area contributed by atoms with Crippen LogP contribution in [0.25, 0.3) is 5.69 Å². The van der Waals surface area contributed by atoms with Crippen LogP contribution in [0.5, 0.6) is 0 Å². The summed E-state index contributed by atoms with van der Waals surface area (Å²) in [5, 5.41) is 7.44. The van der Waals surface area contributed by atoms with Crippen LogP contribution in [0.4, 0.5) is 0 Å². The molecule has 0 aliphatic heterocycles. The van der Waals surface area contributed by atoms with Gasteiger partial charge in [-0.15, -0.1) is 5.10 Å². The Hall–Kier alpha value is -2.34. The second-order valence-corrected chi connectivity index (χ2v) is 6.82. The highest BCUT2D eigenvalue weighted by Gasteiger charge is 2.17. The summed E-state index contributed by atoms with van der Waals surface area (Å²) in [7, 11) is 0. The Morgan fingerprint density at radius 2 is 2.00 bits per heavy atom. The Morgan fingerprint density at radius 3 is 2.67 bits per heavy atom. The number of hydrogen-bond acceptors (Lipinski definition) is 4. The van der Waals surface area contributed by atoms with E-state index in [4.69, 9.17) is 0 Å². The number of nitrogens with zero attached hydrogens (tertiary/aromatic N) is 3. The molecule has 0 unspecified atom stereocenters. The van der Waals surface area contributed by atoms with Crippen LogP contribution in [0.2, 0.25) is 0 Å². The van der Waals surface area contributed by atoms with Gasteiger partial charge in [0, 0.05) is 22.6 Å². The lowest BCUT2D eigenvalue weighted by atomic mass is 10.2. The van der Waals surface area contributed by atoms with Gasteiger partial charge in [0.1, 0.15) is 5.82 Å². The van der Waals surface area contributed by atoms with E-state index in [1.54, 1.807) is 0 Å². The summed E-state index contributed by atoms with van der Waals surface area (Å²) in [4.78, 5) is 16.8. The predicted octanol–water partition coefficient (Wildman–Crippen LogP) is 3.80. The number of rotatable bonds is 5. The Bertz CT molecular complexity index is 894. The van der Waals surface area contributed by atoms with Crippen molar-refractivity contribution < 1.29 is 4.79 Å². The average Bonchev–Trinajstić information content (AvgIpc) is 3.08. The minimum atomic E-state index is 0.0921. The molecule has 0 aliphatic carbocycles. The first-order chi connectivity index (χ1) is 11.5. The summed E-state index contributed by atoms with van der Waals surface area (Å²) in [6.07, 6.45) is 0. The molecule has 0 spiro atoms. The monoisotopic (exact) mass is 340 g/mol. The summed E-state index contributed by atoms with van der Waals surface area (Å²) in [6, 6.07) is 10.3. The maximum Gasteiger partial charge on any atom is 0.208 e. The van der Waals surface area contributed by atoms with Crippen molar-refractivity contribution in [3.63, 3.8) is 0 Å². The van der Waals surface area contributed by atoms with Crippen molar-refractivity contribution >= 4 is 17.5 Å². The lowest BCUT2D eigenvalue weighted by Crippen LogP contribution is -2.06. The van der Waals surface area contributed by atoms with E-state index in [1.165, 1.54) is 17.3 Å². The van der Waals surface area contributed by atoms with Crippen LogP contribution < -0.4 is 0 Å². The number of hydrogen-bond donors (Lipinski definition) is 1. The number of carbonyl (C=O) groups is 1. The second kappa shape index (κ2) is 6.65. The fourth-order valence-corrected chi connectivity index (χ4v) is 3.53. The third-order valence-corrected chi connectivity index (χ3v) is 4.75. The molecule has 0 amide bonds. The van der Waals surface area contributed by atoms with Gasteiger partial charge < -0.3 is 4.57 Å². The highest BCUT2D eigenvalue weighted by atomic mass is 32.2. The van der Waals surface area contributed by atoms with Gasteiger partial charge in [-0.05, 0) is 51.5 Å². The van der Waals surface area contributed by atoms with E-state index in [1.807, 2.05) is 32.9 Å². The molecule has 2 heterocycles. The zero-order valence-electron chi connectivity index (χ0n) is 14.3. The molecule has 124 valence electrons. The Morgan fingerprint density at radius 1 is 1.21 bits per heavy atom. The number of nitrogens with one attached hydrogen (secondary N) is 1. The fraction of sp³-hybridized carbons (Fsp3) is 0.278. The molecule has 0 saturated carbocycles. The van der Waals surface area contributed by atoms with Crippen LogP contribution in [0.1, 0.15) is 33.1 Å². The number of aryl methyl sites for hydroxylation is 3. The number of aromatic amines is 1. The van der Waals surface area contributed by atoms with Gasteiger partial charge in [-0.3, -0.25) is 9.89 Å². The van der Waals surface area contributed by atoms with Crippen molar-refractivity contribution in [3.05, 3.63) is 58.7 Å². The number of Topliss-reactive ketones (excluding diaryl/α,β-unsaturated/α-hetero) is 1. The van der Waals surface area contributed by atoms with Crippen molar-refractivity contribution in [1.82, 2.24) is 19.7 Å². The largest absolute Gasteiger partial charge is 0.318 e. The molecule has 1 N–H and O–H groups in total. The van der Waals surface area contributed by atoms with Crippen molar-refractivity contribution in [2.24, 2.45) is 0 Å². The summed E-state index contributed by atoms with van der Waals surface area (Å²) in [5.74, 6) is 1.17. The third kappa shape index (κ3) is 3.28. The Kier molecular flexibility index (Phi) is 4.57. The molecular formula is C18H20N4OS. The molecule has 6 heteroatoms. The minimum absolute atomic E-state index is 0.0921. The highest BCUT2D eigenvalue weighted by molar-refractivity contribution is 7.99. The second-order valence-electron chi connectivity index (χ2n) is 5.87. The first-order valence-corrected chi connectivity index (χ1v) is 8.75. The van der Waals surface area contributed by atoms with E-state index in [-0.39, 0.29) is 5.78 Å². The minimum Gasteiger partial charge on any atom is -0.318 e. The molecular weight excluding hydrogens is 320 g/mol. The van der Waals surface area contributed by atoms with Crippen LogP contribution in [0, 0.1) is 27.7 Å². The van der Waals surface area contributed by atoms with Crippen LogP contribution in [-0.2, 0) is 0 Å². The van der Waals surface area contributed by atoms with E-state index >= 15 is 0 Å². The fourth-order valence-electron chi connectivity index (χ4n) is 2.80. The standard InChI is InChI=1S/C18H20N4OS/c1-11-6-5-7-15(8-11)22-12(2)9-16(13(22)3)17(23)10-24-18-19-14(4)20-21-18/h5-9H,10H2,1-4H3,(H,19,20,21). The van der Waals surface area contributed by atoms with Gasteiger partial charge in [-0.1, -0.05) is 23.9 Å². The van der Waals surface area contributed by atoms with Gasteiger partial charge in [0.2, 0.25) is 5.16 Å². The SMILES string of the molecule is Cc1cccc(-n2c(C)cc(C(=O)CSc3n[nH]c(C)n3)c2C)c1. The normalized spacial score (nSPS) is 11.0. The Balaban J connectivity index is 1.84. The molecule has 0 atom stereocenters. The number of ketones is 1. The maximum absolute atomic E-state index is 12.6. The Labute approximate surface area is 145 Å². The molecule has 2 aromatic heterocycles. The predicted molar refractivity (Wildman–Crippen MR) is 96.2 cm³/mol. The summed E-state index contributed by atoms with van der Waals surface area (Å²) >= 11 is 1.35. The summed E-state index contributed by atoms with van der Waals surface area (Å²) < 4.78 is 2.13. The lowest BCUT2D eigenvalue weighted by Gasteiger charge is -2.10. The van der Waals surface area contributed by atoms with Crippen LogP contribution in [0.3, 0.4) is 0 Å². The van der Waals surface area contributed by atoms with E-state index in [0.717, 1.165) is 28.5 Å². The molecule has 5 nitrogen and oxygen atoms in total. The van der Waals surface area contributed by atoms with Crippen molar-refractivity contribution in [2.45, 2.75) is 32.9 Å². The first-order valence-electron chi connectivity index (χ1n) is 7.76. The van der Waals surface area contributed by atoms with Gasteiger partial charge >= 0.3 is 0 Å². The van der Waals surface area contributed by atoms with Crippen LogP contribution >= 0.6 is 11.8 Å².